The van der Waals surface area contributed by atoms with E-state index in [2.05, 4.69) is 164 Å². The molecular weight excluding hydrogens is 671 g/mol. The van der Waals surface area contributed by atoms with Crippen molar-refractivity contribution in [2.45, 2.75) is 0 Å². The molecule has 55 heavy (non-hydrogen) atoms. The van der Waals surface area contributed by atoms with Crippen molar-refractivity contribution in [1.82, 2.24) is 13.7 Å². The van der Waals surface area contributed by atoms with E-state index in [0.717, 1.165) is 82.8 Å². The van der Waals surface area contributed by atoms with Gasteiger partial charge in [0, 0.05) is 38.3 Å². The van der Waals surface area contributed by atoms with Gasteiger partial charge in [0.25, 0.3) is 0 Å². The minimum atomic E-state index is 0.585. The molecule has 0 saturated carbocycles. The van der Waals surface area contributed by atoms with Crippen LogP contribution in [0.3, 0.4) is 0 Å². The van der Waals surface area contributed by atoms with Gasteiger partial charge < -0.3 is 13.7 Å². The SMILES string of the molecule is [C-]#[N+]c1ccc2c(c1)c1ccccc1n2-c1cccc(-c2cc(C#N)cc(-n3c4ccccc4c4cccc(-n5c6ccccc6c6ccccc65)c43)c2)c1. The first-order chi connectivity index (χ1) is 27.2. The third-order valence-electron chi connectivity index (χ3n) is 11.0. The van der Waals surface area contributed by atoms with Gasteiger partial charge in [-0.1, -0.05) is 103 Å². The van der Waals surface area contributed by atoms with E-state index >= 15 is 0 Å². The van der Waals surface area contributed by atoms with Gasteiger partial charge >= 0.3 is 0 Å². The van der Waals surface area contributed by atoms with Gasteiger partial charge in [-0.05, 0) is 89.3 Å². The zero-order valence-electron chi connectivity index (χ0n) is 29.5. The highest BCUT2D eigenvalue weighted by Gasteiger charge is 2.21. The Bertz CT molecular complexity index is 3420. The zero-order chi connectivity index (χ0) is 36.6. The molecule has 5 heteroatoms. The predicted octanol–water partition coefficient (Wildman–Crippen LogP) is 13.1. The molecule has 254 valence electrons. The van der Waals surface area contributed by atoms with Crippen molar-refractivity contribution in [3.05, 3.63) is 193 Å². The van der Waals surface area contributed by atoms with E-state index in [-0.39, 0.29) is 0 Å². The second kappa shape index (κ2) is 11.8. The summed E-state index contributed by atoms with van der Waals surface area (Å²) < 4.78 is 6.98. The number of hydrogen-bond acceptors (Lipinski definition) is 1. The third kappa shape index (κ3) is 4.51. The smallest absolute Gasteiger partial charge is 0.188 e. The number of hydrogen-bond donors (Lipinski definition) is 0. The van der Waals surface area contributed by atoms with Gasteiger partial charge in [-0.2, -0.15) is 5.26 Å². The molecule has 0 bridgehead atoms. The molecule has 8 aromatic carbocycles. The highest BCUT2D eigenvalue weighted by molar-refractivity contribution is 6.15. The van der Waals surface area contributed by atoms with E-state index in [0.29, 0.717) is 11.3 Å². The molecule has 0 aliphatic rings. The maximum Gasteiger partial charge on any atom is 0.188 e. The predicted molar refractivity (Wildman–Crippen MR) is 226 cm³/mol. The van der Waals surface area contributed by atoms with Crippen molar-refractivity contribution in [2.75, 3.05) is 0 Å². The molecule has 0 amide bonds. The van der Waals surface area contributed by atoms with Crippen molar-refractivity contribution in [3.63, 3.8) is 0 Å². The number of nitrogens with zero attached hydrogens (tertiary/aromatic N) is 5. The van der Waals surface area contributed by atoms with Crippen molar-refractivity contribution in [3.8, 4) is 34.3 Å². The highest BCUT2D eigenvalue weighted by Crippen LogP contribution is 2.41. The van der Waals surface area contributed by atoms with Crippen LogP contribution in [0.25, 0.3) is 98.5 Å². The Balaban J connectivity index is 1.16. The third-order valence-corrected chi connectivity index (χ3v) is 11.0. The van der Waals surface area contributed by atoms with Crippen LogP contribution in [0.2, 0.25) is 0 Å². The number of benzene rings is 8. The average molecular weight is 700 g/mol. The Hall–Kier alpha value is -7.86. The number of nitriles is 1. The maximum atomic E-state index is 10.5. The Kier molecular flexibility index (Phi) is 6.61. The van der Waals surface area contributed by atoms with E-state index in [1.807, 2.05) is 36.4 Å². The van der Waals surface area contributed by atoms with Crippen LogP contribution in [0.1, 0.15) is 5.56 Å². The molecule has 0 N–H and O–H groups in total. The fourth-order valence-electron chi connectivity index (χ4n) is 8.74. The van der Waals surface area contributed by atoms with Crippen LogP contribution in [-0.4, -0.2) is 13.7 Å². The molecule has 0 aliphatic carbocycles. The number of fused-ring (bicyclic) bond motifs is 9. The number of para-hydroxylation sites is 5. The molecule has 0 fully saturated rings. The summed E-state index contributed by atoms with van der Waals surface area (Å²) in [5.41, 5.74) is 12.7. The van der Waals surface area contributed by atoms with Crippen LogP contribution in [0.5, 0.6) is 0 Å². The summed E-state index contributed by atoms with van der Waals surface area (Å²) in [5.74, 6) is 0. The molecule has 5 nitrogen and oxygen atoms in total. The van der Waals surface area contributed by atoms with Crippen LogP contribution < -0.4 is 0 Å². The Morgan fingerprint density at radius 3 is 1.64 bits per heavy atom. The van der Waals surface area contributed by atoms with E-state index in [1.54, 1.807) is 0 Å². The second-order valence-electron chi connectivity index (χ2n) is 14.0. The van der Waals surface area contributed by atoms with Gasteiger partial charge in [-0.25, -0.2) is 4.85 Å². The topological polar surface area (TPSA) is 42.9 Å². The van der Waals surface area contributed by atoms with E-state index < -0.39 is 0 Å². The lowest BCUT2D eigenvalue weighted by atomic mass is 10.0. The number of aromatic nitrogens is 3. The van der Waals surface area contributed by atoms with Crippen LogP contribution in [-0.2, 0) is 0 Å². The lowest BCUT2D eigenvalue weighted by Gasteiger charge is -2.16. The lowest BCUT2D eigenvalue weighted by Crippen LogP contribution is -2.01. The van der Waals surface area contributed by atoms with E-state index in [1.165, 1.54) is 10.8 Å². The Morgan fingerprint density at radius 1 is 0.418 bits per heavy atom. The normalized spacial score (nSPS) is 11.6. The van der Waals surface area contributed by atoms with Crippen LogP contribution in [0, 0.1) is 17.9 Å². The fraction of sp³-hybridized carbons (Fsp3) is 0. The molecule has 3 aromatic heterocycles. The first-order valence-electron chi connectivity index (χ1n) is 18.3. The molecular formula is C50H29N5. The van der Waals surface area contributed by atoms with Crippen molar-refractivity contribution < 1.29 is 0 Å². The lowest BCUT2D eigenvalue weighted by molar-refractivity contribution is 1.13. The minimum Gasteiger partial charge on any atom is -0.309 e. The van der Waals surface area contributed by atoms with E-state index in [4.69, 9.17) is 6.57 Å². The van der Waals surface area contributed by atoms with Crippen molar-refractivity contribution in [2.24, 2.45) is 0 Å². The summed E-state index contributed by atoms with van der Waals surface area (Å²) in [6.45, 7) is 7.62. The summed E-state index contributed by atoms with van der Waals surface area (Å²) >= 11 is 0. The average Bonchev–Trinajstić information content (AvgIpc) is 3.89. The first kappa shape index (κ1) is 30.7. The quantitative estimate of drug-likeness (QED) is 0.169. The summed E-state index contributed by atoms with van der Waals surface area (Å²) in [6, 6.07) is 63.8. The molecule has 0 aliphatic heterocycles. The fourth-order valence-corrected chi connectivity index (χ4v) is 8.74. The molecule has 11 aromatic rings. The molecule has 0 spiro atoms. The minimum absolute atomic E-state index is 0.585. The molecule has 3 heterocycles. The van der Waals surface area contributed by atoms with Gasteiger partial charge in [0.2, 0.25) is 0 Å². The second-order valence-corrected chi connectivity index (χ2v) is 14.0. The highest BCUT2D eigenvalue weighted by atomic mass is 15.1. The van der Waals surface area contributed by atoms with Crippen LogP contribution >= 0.6 is 0 Å². The van der Waals surface area contributed by atoms with Gasteiger partial charge in [-0.15, -0.1) is 0 Å². The summed E-state index contributed by atoms with van der Waals surface area (Å²) in [6.07, 6.45) is 0. The molecule has 0 atom stereocenters. The maximum absolute atomic E-state index is 10.5. The first-order valence-corrected chi connectivity index (χ1v) is 18.3. The van der Waals surface area contributed by atoms with Crippen LogP contribution in [0.4, 0.5) is 5.69 Å². The summed E-state index contributed by atoms with van der Waals surface area (Å²) in [5, 5.41) is 17.4. The van der Waals surface area contributed by atoms with E-state index in [9.17, 15) is 5.26 Å². The standard InChI is InChI=1S/C50H29N5/c1-52-35-24-25-48-43(30-35)41-17-5-6-19-44(41)53(48)36-13-10-12-33(28-36)34-26-32(31-51)27-37(29-34)54-45-20-7-4-16-40(45)42-18-11-23-49(50(42)54)55-46-21-8-2-14-38(46)39-15-3-9-22-47(39)55/h2-30H. The summed E-state index contributed by atoms with van der Waals surface area (Å²) in [4.78, 5) is 3.70. The molecule has 0 unspecified atom stereocenters. The van der Waals surface area contributed by atoms with Crippen molar-refractivity contribution in [1.29, 1.82) is 5.26 Å². The number of rotatable bonds is 4. The Morgan fingerprint density at radius 2 is 0.964 bits per heavy atom. The zero-order valence-corrected chi connectivity index (χ0v) is 29.5. The molecule has 0 radical (unpaired) electrons. The Labute approximate surface area is 316 Å². The monoisotopic (exact) mass is 699 g/mol. The van der Waals surface area contributed by atoms with Gasteiger partial charge in [0.15, 0.2) is 5.69 Å². The molecule has 11 rings (SSSR count). The van der Waals surface area contributed by atoms with Gasteiger partial charge in [-0.3, -0.25) is 0 Å². The summed E-state index contributed by atoms with van der Waals surface area (Å²) in [7, 11) is 0. The molecule has 0 saturated heterocycles. The largest absolute Gasteiger partial charge is 0.309 e. The van der Waals surface area contributed by atoms with Gasteiger partial charge in [0.05, 0.1) is 57.0 Å². The van der Waals surface area contributed by atoms with Crippen molar-refractivity contribution >= 4 is 71.1 Å². The van der Waals surface area contributed by atoms with Gasteiger partial charge in [0.1, 0.15) is 0 Å². The van der Waals surface area contributed by atoms with Crippen LogP contribution in [0.15, 0.2) is 176 Å².